The Kier molecular flexibility index (Phi) is 6.45. The van der Waals surface area contributed by atoms with Crippen molar-refractivity contribution < 1.29 is 23.9 Å². The van der Waals surface area contributed by atoms with E-state index >= 15 is 0 Å². The van der Waals surface area contributed by atoms with Crippen molar-refractivity contribution in [2.75, 3.05) is 18.9 Å². The lowest BCUT2D eigenvalue weighted by molar-refractivity contribution is -0.153. The average Bonchev–Trinajstić information content (AvgIpc) is 2.41. The van der Waals surface area contributed by atoms with Gasteiger partial charge in [-0.3, -0.25) is 14.4 Å². The molecule has 8 heteroatoms. The van der Waals surface area contributed by atoms with Crippen LogP contribution in [0.2, 0.25) is 10.0 Å². The van der Waals surface area contributed by atoms with Gasteiger partial charge in [-0.15, -0.1) is 0 Å². The number of carbonyl (C=O) groups is 3. The molecule has 0 radical (unpaired) electrons. The maximum Gasteiger partial charge on any atom is 0.317 e. The molecular formula is C13H13Cl2NO5. The number of Topliss-reactive ketones (excluding diaryl/α,β-unsaturated/α-hetero) is 1. The van der Waals surface area contributed by atoms with Gasteiger partial charge in [0.2, 0.25) is 0 Å². The molecule has 0 unspecified atom stereocenters. The molecule has 0 heterocycles. The Morgan fingerprint density at radius 1 is 1.10 bits per heavy atom. The van der Waals surface area contributed by atoms with Crippen molar-refractivity contribution in [3.8, 4) is 0 Å². The van der Waals surface area contributed by atoms with Gasteiger partial charge in [0, 0.05) is 5.56 Å². The number of halogens is 2. The highest BCUT2D eigenvalue weighted by atomic mass is 35.5. The molecule has 114 valence electrons. The third-order valence-electron chi connectivity index (χ3n) is 2.36. The van der Waals surface area contributed by atoms with Crippen molar-refractivity contribution in [1.29, 1.82) is 0 Å². The average molecular weight is 334 g/mol. The van der Waals surface area contributed by atoms with Crippen molar-refractivity contribution in [3.05, 3.63) is 27.7 Å². The predicted octanol–water partition coefficient (Wildman–Crippen LogP) is 2.25. The third kappa shape index (κ3) is 5.24. The van der Waals surface area contributed by atoms with Gasteiger partial charge in [-0.1, -0.05) is 23.2 Å². The number of hydrogen-bond acceptors (Lipinski definition) is 6. The molecule has 0 bridgehead atoms. The van der Waals surface area contributed by atoms with Crippen molar-refractivity contribution >= 4 is 46.6 Å². The quantitative estimate of drug-likeness (QED) is 0.371. The van der Waals surface area contributed by atoms with Gasteiger partial charge < -0.3 is 15.2 Å². The number of esters is 2. The van der Waals surface area contributed by atoms with Gasteiger partial charge in [-0.25, -0.2) is 0 Å². The Morgan fingerprint density at radius 3 is 2.14 bits per heavy atom. The minimum absolute atomic E-state index is 0.128. The number of benzene rings is 1. The topological polar surface area (TPSA) is 95.7 Å². The van der Waals surface area contributed by atoms with Crippen LogP contribution in [-0.4, -0.2) is 30.9 Å². The number of ketones is 1. The molecule has 0 aliphatic heterocycles. The van der Waals surface area contributed by atoms with E-state index in [1.807, 2.05) is 0 Å². The van der Waals surface area contributed by atoms with Gasteiger partial charge in [0.25, 0.3) is 0 Å². The molecule has 0 fully saturated rings. The summed E-state index contributed by atoms with van der Waals surface area (Å²) < 4.78 is 9.25. The molecule has 0 saturated carbocycles. The SMILES string of the molecule is CCOC(=O)CC(=O)OCC(=O)c1cc(Cl)c(N)c(Cl)c1. The van der Waals surface area contributed by atoms with Crippen LogP contribution in [0.5, 0.6) is 0 Å². The van der Waals surface area contributed by atoms with E-state index in [0.717, 1.165) is 0 Å². The fourth-order valence-corrected chi connectivity index (χ4v) is 1.84. The van der Waals surface area contributed by atoms with Gasteiger partial charge in [0.15, 0.2) is 12.4 Å². The molecule has 1 rings (SSSR count). The minimum atomic E-state index is -0.852. The molecule has 2 N–H and O–H groups in total. The fraction of sp³-hybridized carbons (Fsp3) is 0.308. The first kappa shape index (κ1) is 17.3. The molecule has 6 nitrogen and oxygen atoms in total. The fourth-order valence-electron chi connectivity index (χ4n) is 1.36. The number of nitrogen functional groups attached to an aromatic ring is 1. The van der Waals surface area contributed by atoms with Crippen LogP contribution in [0, 0.1) is 0 Å². The molecular weight excluding hydrogens is 321 g/mol. The summed E-state index contributed by atoms with van der Waals surface area (Å²) in [6.45, 7) is 1.24. The van der Waals surface area contributed by atoms with E-state index in [9.17, 15) is 14.4 Å². The van der Waals surface area contributed by atoms with Gasteiger partial charge in [-0.2, -0.15) is 0 Å². The third-order valence-corrected chi connectivity index (χ3v) is 2.98. The Labute approximate surface area is 131 Å². The zero-order valence-electron chi connectivity index (χ0n) is 11.2. The second-order valence-corrected chi connectivity index (χ2v) is 4.73. The number of anilines is 1. The molecule has 0 amide bonds. The van der Waals surface area contributed by atoms with Gasteiger partial charge in [0.1, 0.15) is 6.42 Å². The highest BCUT2D eigenvalue weighted by molar-refractivity contribution is 6.39. The first-order chi connectivity index (χ1) is 9.85. The van der Waals surface area contributed by atoms with E-state index in [1.54, 1.807) is 6.92 Å². The molecule has 1 aromatic rings. The smallest absolute Gasteiger partial charge is 0.317 e. The molecule has 0 atom stereocenters. The van der Waals surface area contributed by atoms with Crippen LogP contribution < -0.4 is 5.73 Å². The van der Waals surface area contributed by atoms with E-state index in [2.05, 4.69) is 9.47 Å². The molecule has 21 heavy (non-hydrogen) atoms. The van der Waals surface area contributed by atoms with Crippen molar-refractivity contribution in [2.24, 2.45) is 0 Å². The van der Waals surface area contributed by atoms with Crippen LogP contribution in [0.25, 0.3) is 0 Å². The van der Waals surface area contributed by atoms with Crippen LogP contribution in [-0.2, 0) is 19.1 Å². The first-order valence-electron chi connectivity index (χ1n) is 5.94. The van der Waals surface area contributed by atoms with E-state index in [1.165, 1.54) is 12.1 Å². The summed E-state index contributed by atoms with van der Waals surface area (Å²) in [7, 11) is 0. The second-order valence-electron chi connectivity index (χ2n) is 3.92. The zero-order valence-corrected chi connectivity index (χ0v) is 12.7. The number of rotatable bonds is 6. The number of nitrogens with two attached hydrogens (primary N) is 1. The van der Waals surface area contributed by atoms with Crippen LogP contribution in [0.3, 0.4) is 0 Å². The lowest BCUT2D eigenvalue weighted by Crippen LogP contribution is -2.18. The number of ether oxygens (including phenoxy) is 2. The standard InChI is InChI=1S/C13H13Cl2NO5/c1-2-20-11(18)5-12(19)21-6-10(17)7-3-8(14)13(16)9(15)4-7/h3-4H,2,5-6,16H2,1H3. The lowest BCUT2D eigenvalue weighted by atomic mass is 10.1. The lowest BCUT2D eigenvalue weighted by Gasteiger charge is -2.07. The van der Waals surface area contributed by atoms with E-state index in [0.29, 0.717) is 0 Å². The number of carbonyl (C=O) groups excluding carboxylic acids is 3. The van der Waals surface area contributed by atoms with Crippen LogP contribution >= 0.6 is 23.2 Å². The van der Waals surface area contributed by atoms with Crippen molar-refractivity contribution in [3.63, 3.8) is 0 Å². The molecule has 1 aromatic carbocycles. The van der Waals surface area contributed by atoms with E-state index in [4.69, 9.17) is 28.9 Å². The van der Waals surface area contributed by atoms with Gasteiger partial charge >= 0.3 is 11.9 Å². The van der Waals surface area contributed by atoms with Crippen LogP contribution in [0.4, 0.5) is 5.69 Å². The van der Waals surface area contributed by atoms with Gasteiger partial charge in [0.05, 0.1) is 22.3 Å². The molecule has 0 aromatic heterocycles. The Bertz CT molecular complexity index is 551. The van der Waals surface area contributed by atoms with Crippen LogP contribution in [0.1, 0.15) is 23.7 Å². The molecule has 0 aliphatic rings. The summed E-state index contributed by atoms with van der Waals surface area (Å²) in [6, 6.07) is 2.65. The summed E-state index contributed by atoms with van der Waals surface area (Å²) in [5.41, 5.74) is 5.86. The first-order valence-corrected chi connectivity index (χ1v) is 6.69. The Morgan fingerprint density at radius 2 is 1.62 bits per heavy atom. The van der Waals surface area contributed by atoms with Crippen molar-refractivity contribution in [1.82, 2.24) is 0 Å². The maximum atomic E-state index is 11.8. The molecule has 0 aliphatic carbocycles. The Hall–Kier alpha value is -1.79. The Balaban J connectivity index is 2.58. The van der Waals surface area contributed by atoms with Gasteiger partial charge in [-0.05, 0) is 19.1 Å². The molecule has 0 saturated heterocycles. The minimum Gasteiger partial charge on any atom is -0.466 e. The normalized spacial score (nSPS) is 10.0. The predicted molar refractivity (Wildman–Crippen MR) is 77.4 cm³/mol. The summed E-state index contributed by atoms with van der Waals surface area (Å²) in [5, 5.41) is 0.257. The monoisotopic (exact) mass is 333 g/mol. The second kappa shape index (κ2) is 7.85. The van der Waals surface area contributed by atoms with Crippen LogP contribution in [0.15, 0.2) is 12.1 Å². The zero-order chi connectivity index (χ0) is 16.0. The van der Waals surface area contributed by atoms with E-state index in [-0.39, 0.29) is 27.9 Å². The summed E-state index contributed by atoms with van der Waals surface area (Å²) in [4.78, 5) is 34.2. The summed E-state index contributed by atoms with van der Waals surface area (Å²) in [6.07, 6.45) is -0.551. The highest BCUT2D eigenvalue weighted by Gasteiger charge is 2.16. The largest absolute Gasteiger partial charge is 0.466 e. The highest BCUT2D eigenvalue weighted by Crippen LogP contribution is 2.28. The van der Waals surface area contributed by atoms with Crippen molar-refractivity contribution in [2.45, 2.75) is 13.3 Å². The summed E-state index contributed by atoms with van der Waals surface area (Å²) >= 11 is 11.6. The molecule has 0 spiro atoms. The maximum absolute atomic E-state index is 11.8. The van der Waals surface area contributed by atoms with E-state index < -0.39 is 30.7 Å². The number of hydrogen-bond donors (Lipinski definition) is 1. The summed E-state index contributed by atoms with van der Waals surface area (Å²) in [5.74, 6) is -2.08.